The molecule has 0 fully saturated rings. The van der Waals surface area contributed by atoms with E-state index in [9.17, 15) is 0 Å². The zero-order valence-corrected chi connectivity index (χ0v) is 18.3. The highest BCUT2D eigenvalue weighted by Crippen LogP contribution is 2.19. The van der Waals surface area contributed by atoms with Crippen molar-refractivity contribution in [1.29, 1.82) is 0 Å². The average molecular weight is 484 g/mol. The molecule has 10 heteroatoms. The highest BCUT2D eigenvalue weighted by molar-refractivity contribution is 9.10. The van der Waals surface area contributed by atoms with Crippen LogP contribution in [0.25, 0.3) is 0 Å². The second kappa shape index (κ2) is 10.2. The second-order valence-corrected chi connectivity index (χ2v) is 8.09. The lowest BCUT2D eigenvalue weighted by Crippen LogP contribution is -2.08. The fourth-order valence-electron chi connectivity index (χ4n) is 2.55. The van der Waals surface area contributed by atoms with E-state index in [1.54, 1.807) is 21.9 Å². The minimum Gasteiger partial charge on any atom is -0.493 e. The van der Waals surface area contributed by atoms with E-state index in [-0.39, 0.29) is 0 Å². The summed E-state index contributed by atoms with van der Waals surface area (Å²) in [5, 5.41) is 18.0. The van der Waals surface area contributed by atoms with Crippen molar-refractivity contribution in [3.8, 4) is 5.75 Å². The van der Waals surface area contributed by atoms with E-state index in [4.69, 9.17) is 4.74 Å². The molecule has 0 spiro atoms. The molecule has 2 aromatic carbocycles. The van der Waals surface area contributed by atoms with Crippen molar-refractivity contribution in [2.75, 3.05) is 12.4 Å². The number of hydrogen-bond donors (Lipinski definition) is 0. The van der Waals surface area contributed by atoms with Crippen LogP contribution in [0.2, 0.25) is 0 Å². The molecule has 30 heavy (non-hydrogen) atoms. The van der Waals surface area contributed by atoms with Gasteiger partial charge in [-0.3, -0.25) is 0 Å². The van der Waals surface area contributed by atoms with Gasteiger partial charge in [0.1, 0.15) is 24.9 Å². The molecule has 8 nitrogen and oxygen atoms in total. The summed E-state index contributed by atoms with van der Waals surface area (Å²) in [5.74, 6) is 2.21. The van der Waals surface area contributed by atoms with E-state index in [0.29, 0.717) is 29.9 Å². The Labute approximate surface area is 186 Å². The van der Waals surface area contributed by atoms with Gasteiger partial charge in [-0.05, 0) is 29.8 Å². The van der Waals surface area contributed by atoms with E-state index in [1.807, 2.05) is 54.6 Å². The predicted octanol–water partition coefficient (Wildman–Crippen LogP) is 3.73. The topological polar surface area (TPSA) is 83.0 Å². The van der Waals surface area contributed by atoms with Crippen LogP contribution < -0.4 is 4.74 Å². The van der Waals surface area contributed by atoms with E-state index >= 15 is 0 Å². The zero-order valence-electron chi connectivity index (χ0n) is 15.9. The Hall–Kier alpha value is -2.98. The maximum absolute atomic E-state index is 5.78. The first-order valence-electron chi connectivity index (χ1n) is 9.15. The Morgan fingerprint density at radius 1 is 1.07 bits per heavy atom. The van der Waals surface area contributed by atoms with Crippen LogP contribution in [0.15, 0.2) is 82.0 Å². The number of hydrogen-bond acceptors (Lipinski definition) is 7. The average Bonchev–Trinajstić information content (AvgIpc) is 3.42. The molecule has 0 aliphatic carbocycles. The maximum Gasteiger partial charge on any atom is 0.212 e. The Morgan fingerprint density at radius 3 is 2.67 bits per heavy atom. The van der Waals surface area contributed by atoms with Gasteiger partial charge in [0, 0.05) is 10.2 Å². The lowest BCUT2D eigenvalue weighted by molar-refractivity contribution is 0.344. The third-order valence-corrected chi connectivity index (χ3v) is 5.38. The van der Waals surface area contributed by atoms with Crippen molar-refractivity contribution in [2.45, 2.75) is 11.7 Å². The standard InChI is InChI=1S/C20H18BrN7OS/c21-17-6-8-18(9-7-17)29-10-11-30-20-26-25-19(13-27-15-22-14-24-27)28(20)23-12-16-4-2-1-3-5-16/h1-9,12,14-15H,10-11,13H2. The molecule has 4 aromatic rings. The number of ether oxygens (including phenoxy) is 1. The predicted molar refractivity (Wildman–Crippen MR) is 119 cm³/mol. The van der Waals surface area contributed by atoms with Gasteiger partial charge < -0.3 is 4.74 Å². The fourth-order valence-corrected chi connectivity index (χ4v) is 3.53. The Morgan fingerprint density at radius 2 is 1.90 bits per heavy atom. The SMILES string of the molecule is Brc1ccc(OCCSc2nnc(Cn3cncn3)n2N=Cc2ccccc2)cc1. The number of thioether (sulfide) groups is 1. The maximum atomic E-state index is 5.78. The summed E-state index contributed by atoms with van der Waals surface area (Å²) >= 11 is 4.95. The van der Waals surface area contributed by atoms with Crippen molar-refractivity contribution in [3.05, 3.63) is 83.1 Å². The quantitative estimate of drug-likeness (QED) is 0.205. The van der Waals surface area contributed by atoms with Gasteiger partial charge in [0.25, 0.3) is 0 Å². The first kappa shape index (κ1) is 20.3. The molecule has 0 atom stereocenters. The summed E-state index contributed by atoms with van der Waals surface area (Å²) in [6.07, 6.45) is 4.92. The molecule has 0 amide bonds. The molecule has 152 valence electrons. The summed E-state index contributed by atoms with van der Waals surface area (Å²) in [6.45, 7) is 0.967. The summed E-state index contributed by atoms with van der Waals surface area (Å²) in [7, 11) is 0. The third kappa shape index (κ3) is 5.55. The highest BCUT2D eigenvalue weighted by atomic mass is 79.9. The Kier molecular flexibility index (Phi) is 6.88. The van der Waals surface area contributed by atoms with Crippen molar-refractivity contribution in [3.63, 3.8) is 0 Å². The highest BCUT2D eigenvalue weighted by Gasteiger charge is 2.13. The zero-order chi connectivity index (χ0) is 20.6. The minimum absolute atomic E-state index is 0.426. The monoisotopic (exact) mass is 483 g/mol. The molecule has 0 aliphatic heterocycles. The third-order valence-electron chi connectivity index (χ3n) is 3.97. The van der Waals surface area contributed by atoms with Crippen LogP contribution in [0.4, 0.5) is 0 Å². The first-order chi connectivity index (χ1) is 14.8. The molecule has 4 rings (SSSR count). The number of rotatable bonds is 9. The van der Waals surface area contributed by atoms with Gasteiger partial charge in [-0.1, -0.05) is 58.0 Å². The van der Waals surface area contributed by atoms with E-state index in [1.165, 1.54) is 18.1 Å². The molecule has 0 unspecified atom stereocenters. The van der Waals surface area contributed by atoms with Crippen LogP contribution in [0.3, 0.4) is 0 Å². The molecule has 0 N–H and O–H groups in total. The van der Waals surface area contributed by atoms with Crippen LogP contribution in [0.1, 0.15) is 11.4 Å². The fraction of sp³-hybridized carbons (Fsp3) is 0.150. The Bertz CT molecular complexity index is 1080. The number of aromatic nitrogens is 6. The molecule has 0 aliphatic rings. The largest absolute Gasteiger partial charge is 0.493 e. The van der Waals surface area contributed by atoms with Crippen molar-refractivity contribution in [2.24, 2.45) is 5.10 Å². The molecular formula is C20H18BrN7OS. The summed E-state index contributed by atoms with van der Waals surface area (Å²) in [4.78, 5) is 3.97. The second-order valence-electron chi connectivity index (χ2n) is 6.11. The van der Waals surface area contributed by atoms with Gasteiger partial charge in [0.2, 0.25) is 5.16 Å². The van der Waals surface area contributed by atoms with E-state index in [2.05, 4.69) is 41.3 Å². The van der Waals surface area contributed by atoms with Gasteiger partial charge in [0.15, 0.2) is 5.82 Å². The molecular weight excluding hydrogens is 466 g/mol. The van der Waals surface area contributed by atoms with Gasteiger partial charge in [-0.15, -0.1) is 10.2 Å². The van der Waals surface area contributed by atoms with Gasteiger partial charge >= 0.3 is 0 Å². The molecule has 2 aromatic heterocycles. The summed E-state index contributed by atoms with van der Waals surface area (Å²) in [5.41, 5.74) is 0.993. The van der Waals surface area contributed by atoms with Crippen LogP contribution in [0.5, 0.6) is 5.75 Å². The lowest BCUT2D eigenvalue weighted by atomic mass is 10.2. The van der Waals surface area contributed by atoms with Crippen molar-refractivity contribution in [1.82, 2.24) is 29.6 Å². The van der Waals surface area contributed by atoms with Crippen LogP contribution in [-0.4, -0.2) is 48.2 Å². The van der Waals surface area contributed by atoms with Crippen molar-refractivity contribution >= 4 is 33.9 Å². The number of benzene rings is 2. The minimum atomic E-state index is 0.426. The van der Waals surface area contributed by atoms with Crippen molar-refractivity contribution < 1.29 is 4.74 Å². The number of halogens is 1. The van der Waals surface area contributed by atoms with Crippen LogP contribution in [0, 0.1) is 0 Å². The molecule has 0 radical (unpaired) electrons. The molecule has 0 saturated carbocycles. The summed E-state index contributed by atoms with van der Waals surface area (Å²) in [6, 6.07) is 17.7. The van der Waals surface area contributed by atoms with Gasteiger partial charge in [-0.2, -0.15) is 14.9 Å². The van der Waals surface area contributed by atoms with Crippen LogP contribution >= 0.6 is 27.7 Å². The molecule has 2 heterocycles. The number of nitrogens with zero attached hydrogens (tertiary/aromatic N) is 7. The molecule has 0 bridgehead atoms. The van der Waals surface area contributed by atoms with Gasteiger partial charge in [-0.25, -0.2) is 9.67 Å². The summed E-state index contributed by atoms with van der Waals surface area (Å²) < 4.78 is 10.2. The Balaban J connectivity index is 1.45. The van der Waals surface area contributed by atoms with Gasteiger partial charge in [0.05, 0.1) is 12.8 Å². The smallest absolute Gasteiger partial charge is 0.212 e. The normalized spacial score (nSPS) is 11.2. The van der Waals surface area contributed by atoms with E-state index in [0.717, 1.165) is 15.8 Å². The van der Waals surface area contributed by atoms with Crippen LogP contribution in [-0.2, 0) is 6.54 Å². The molecule has 0 saturated heterocycles. The first-order valence-corrected chi connectivity index (χ1v) is 10.9. The lowest BCUT2D eigenvalue weighted by Gasteiger charge is -2.07. The van der Waals surface area contributed by atoms with E-state index < -0.39 is 0 Å².